The van der Waals surface area contributed by atoms with Crippen molar-refractivity contribution in [3.05, 3.63) is 28.2 Å². The summed E-state index contributed by atoms with van der Waals surface area (Å²) in [6, 6.07) is 5.66. The van der Waals surface area contributed by atoms with Crippen LogP contribution in [0, 0.1) is 6.92 Å². The van der Waals surface area contributed by atoms with Crippen LogP contribution in [0.4, 0.5) is 0 Å². The van der Waals surface area contributed by atoms with Crippen molar-refractivity contribution >= 4 is 21.8 Å². The maximum absolute atomic E-state index is 11.7. The summed E-state index contributed by atoms with van der Waals surface area (Å²) in [4.78, 5) is 11.7. The van der Waals surface area contributed by atoms with Crippen LogP contribution in [0.25, 0.3) is 0 Å². The average molecular weight is 314 g/mol. The van der Waals surface area contributed by atoms with E-state index in [-0.39, 0.29) is 18.1 Å². The molecule has 0 atom stereocenters. The van der Waals surface area contributed by atoms with Crippen LogP contribution in [0.5, 0.6) is 5.75 Å². The second kappa shape index (κ2) is 6.23. The highest BCUT2D eigenvalue weighted by atomic mass is 79.9. The maximum atomic E-state index is 11.7. The number of halogens is 1. The van der Waals surface area contributed by atoms with Crippen molar-refractivity contribution in [1.82, 2.24) is 5.32 Å². The Morgan fingerprint density at radius 2 is 2.11 bits per heavy atom. The maximum Gasteiger partial charge on any atom is 0.258 e. The van der Waals surface area contributed by atoms with Crippen LogP contribution in [0.2, 0.25) is 0 Å². The molecule has 3 nitrogen and oxygen atoms in total. The summed E-state index contributed by atoms with van der Waals surface area (Å²) < 4.78 is 6.49. The second-order valence-electron chi connectivity index (χ2n) is 4.99. The molecule has 1 aromatic rings. The monoisotopic (exact) mass is 313 g/mol. The molecule has 1 rings (SSSR count). The quantitative estimate of drug-likeness (QED) is 0.904. The Labute approximate surface area is 117 Å². The van der Waals surface area contributed by atoms with Crippen molar-refractivity contribution < 1.29 is 9.53 Å². The van der Waals surface area contributed by atoms with Crippen LogP contribution < -0.4 is 10.1 Å². The van der Waals surface area contributed by atoms with Crippen molar-refractivity contribution in [2.75, 3.05) is 6.61 Å². The van der Waals surface area contributed by atoms with E-state index < -0.39 is 0 Å². The van der Waals surface area contributed by atoms with Crippen LogP contribution in [0.3, 0.4) is 0 Å². The molecule has 0 heterocycles. The number of aryl methyl sites for hydroxylation is 1. The molecule has 100 valence electrons. The Bertz CT molecular complexity index is 430. The average Bonchev–Trinajstić information content (AvgIpc) is 2.30. The fourth-order valence-corrected chi connectivity index (χ4v) is 1.60. The van der Waals surface area contributed by atoms with Gasteiger partial charge in [0.05, 0.1) is 0 Å². The standard InChI is InChI=1S/C14H20BrNO2/c1-5-14(3,4)16-13(17)9-18-11-6-7-12(15)10(2)8-11/h6-8H,5,9H2,1-4H3,(H,16,17). The SMILES string of the molecule is CCC(C)(C)NC(=O)COc1ccc(Br)c(C)c1. The number of ether oxygens (including phenoxy) is 1. The fraction of sp³-hybridized carbons (Fsp3) is 0.500. The number of nitrogens with one attached hydrogen (secondary N) is 1. The summed E-state index contributed by atoms with van der Waals surface area (Å²) in [7, 11) is 0. The minimum atomic E-state index is -0.184. The second-order valence-corrected chi connectivity index (χ2v) is 5.84. The number of benzene rings is 1. The van der Waals surface area contributed by atoms with Crippen molar-refractivity contribution in [3.63, 3.8) is 0 Å². The van der Waals surface area contributed by atoms with Crippen molar-refractivity contribution in [2.24, 2.45) is 0 Å². The number of hydrogen-bond donors (Lipinski definition) is 1. The lowest BCUT2D eigenvalue weighted by Gasteiger charge is -2.24. The van der Waals surface area contributed by atoms with E-state index in [0.29, 0.717) is 5.75 Å². The van der Waals surface area contributed by atoms with Gasteiger partial charge in [0.2, 0.25) is 0 Å². The molecule has 0 unspecified atom stereocenters. The molecule has 0 saturated carbocycles. The lowest BCUT2D eigenvalue weighted by Crippen LogP contribution is -2.44. The van der Waals surface area contributed by atoms with E-state index in [2.05, 4.69) is 21.2 Å². The first kappa shape index (κ1) is 15.0. The molecule has 0 bridgehead atoms. The molecule has 0 aliphatic carbocycles. The number of rotatable bonds is 5. The third-order valence-electron chi connectivity index (χ3n) is 2.86. The highest BCUT2D eigenvalue weighted by molar-refractivity contribution is 9.10. The molecule has 1 N–H and O–H groups in total. The van der Waals surface area contributed by atoms with E-state index in [1.807, 2.05) is 45.9 Å². The molecular formula is C14H20BrNO2. The zero-order valence-corrected chi connectivity index (χ0v) is 12.9. The van der Waals surface area contributed by atoms with Gasteiger partial charge in [-0.05, 0) is 51.0 Å². The minimum absolute atomic E-state index is 0.0461. The van der Waals surface area contributed by atoms with Gasteiger partial charge in [0.1, 0.15) is 5.75 Å². The first-order valence-corrected chi connectivity index (χ1v) is 6.83. The van der Waals surface area contributed by atoms with Crippen LogP contribution in [-0.4, -0.2) is 18.1 Å². The number of carbonyl (C=O) groups excluding carboxylic acids is 1. The van der Waals surface area contributed by atoms with Gasteiger partial charge in [0, 0.05) is 10.0 Å². The molecule has 1 aromatic carbocycles. The summed E-state index contributed by atoms with van der Waals surface area (Å²) in [6.45, 7) is 8.06. The fourth-order valence-electron chi connectivity index (χ4n) is 1.36. The highest BCUT2D eigenvalue weighted by Crippen LogP contribution is 2.21. The molecule has 0 saturated heterocycles. The van der Waals surface area contributed by atoms with E-state index in [1.54, 1.807) is 0 Å². The zero-order valence-electron chi connectivity index (χ0n) is 11.3. The first-order valence-electron chi connectivity index (χ1n) is 6.04. The van der Waals surface area contributed by atoms with Gasteiger partial charge >= 0.3 is 0 Å². The smallest absolute Gasteiger partial charge is 0.258 e. The Balaban J connectivity index is 2.50. The summed E-state index contributed by atoms with van der Waals surface area (Å²) in [5, 5.41) is 2.93. The number of carbonyl (C=O) groups is 1. The van der Waals surface area contributed by atoms with E-state index >= 15 is 0 Å². The van der Waals surface area contributed by atoms with Gasteiger partial charge < -0.3 is 10.1 Å². The Hall–Kier alpha value is -1.03. The minimum Gasteiger partial charge on any atom is -0.484 e. The largest absolute Gasteiger partial charge is 0.484 e. The van der Waals surface area contributed by atoms with Gasteiger partial charge in [-0.2, -0.15) is 0 Å². The van der Waals surface area contributed by atoms with E-state index in [1.165, 1.54) is 0 Å². The Kier molecular flexibility index (Phi) is 5.20. The number of amides is 1. The molecule has 0 aliphatic rings. The summed E-state index contributed by atoms with van der Waals surface area (Å²) in [6.07, 6.45) is 0.885. The molecular weight excluding hydrogens is 294 g/mol. The number of hydrogen-bond acceptors (Lipinski definition) is 2. The van der Waals surface area contributed by atoms with E-state index in [4.69, 9.17) is 4.74 Å². The predicted octanol–water partition coefficient (Wildman–Crippen LogP) is 3.44. The molecule has 0 fully saturated rings. The summed E-state index contributed by atoms with van der Waals surface area (Å²) >= 11 is 3.42. The van der Waals surface area contributed by atoms with Crippen LogP contribution in [0.1, 0.15) is 32.8 Å². The van der Waals surface area contributed by atoms with Crippen molar-refractivity contribution in [1.29, 1.82) is 0 Å². The molecule has 1 amide bonds. The molecule has 0 aromatic heterocycles. The summed E-state index contributed by atoms with van der Waals surface area (Å²) in [5.74, 6) is 0.613. The zero-order chi connectivity index (χ0) is 13.8. The van der Waals surface area contributed by atoms with E-state index in [9.17, 15) is 4.79 Å². The topological polar surface area (TPSA) is 38.3 Å². The molecule has 0 radical (unpaired) electrons. The highest BCUT2D eigenvalue weighted by Gasteiger charge is 2.17. The van der Waals surface area contributed by atoms with Gasteiger partial charge in [-0.25, -0.2) is 0 Å². The molecule has 18 heavy (non-hydrogen) atoms. The van der Waals surface area contributed by atoms with Crippen molar-refractivity contribution in [2.45, 2.75) is 39.7 Å². The lowest BCUT2D eigenvalue weighted by molar-refractivity contribution is -0.124. The van der Waals surface area contributed by atoms with Crippen LogP contribution in [-0.2, 0) is 4.79 Å². The van der Waals surface area contributed by atoms with E-state index in [0.717, 1.165) is 16.5 Å². The molecule has 0 aliphatic heterocycles. The predicted molar refractivity (Wildman–Crippen MR) is 76.9 cm³/mol. The van der Waals surface area contributed by atoms with Gasteiger partial charge in [-0.3, -0.25) is 4.79 Å². The van der Waals surface area contributed by atoms with Crippen LogP contribution >= 0.6 is 15.9 Å². The lowest BCUT2D eigenvalue weighted by atomic mass is 10.0. The van der Waals surface area contributed by atoms with Gasteiger partial charge in [0.25, 0.3) is 5.91 Å². The van der Waals surface area contributed by atoms with Crippen molar-refractivity contribution in [3.8, 4) is 5.75 Å². The summed E-state index contributed by atoms with van der Waals surface area (Å²) in [5.41, 5.74) is 0.901. The van der Waals surface area contributed by atoms with Gasteiger partial charge in [0.15, 0.2) is 6.61 Å². The van der Waals surface area contributed by atoms with Crippen LogP contribution in [0.15, 0.2) is 22.7 Å². The normalized spacial score (nSPS) is 11.2. The third-order valence-corrected chi connectivity index (χ3v) is 3.75. The third kappa shape index (κ3) is 4.69. The Morgan fingerprint density at radius 1 is 1.44 bits per heavy atom. The van der Waals surface area contributed by atoms with Gasteiger partial charge in [-0.1, -0.05) is 22.9 Å². The first-order chi connectivity index (χ1) is 8.34. The molecule has 4 heteroatoms. The Morgan fingerprint density at radius 3 is 2.67 bits per heavy atom. The molecule has 0 spiro atoms. The van der Waals surface area contributed by atoms with Gasteiger partial charge in [-0.15, -0.1) is 0 Å².